The number of methoxy groups -OCH3 is 1. The predicted octanol–water partition coefficient (Wildman–Crippen LogP) is 3.05. The van der Waals surface area contributed by atoms with E-state index in [9.17, 15) is 14.0 Å². The molecule has 2 rings (SSSR count). The number of ether oxygens (including phenoxy) is 2. The van der Waals surface area contributed by atoms with Crippen LogP contribution in [0.2, 0.25) is 0 Å². The molecule has 0 unspecified atom stereocenters. The first-order valence-corrected chi connectivity index (χ1v) is 7.53. The molecule has 2 aromatic carbocycles. The Balaban J connectivity index is 2.10. The van der Waals surface area contributed by atoms with E-state index < -0.39 is 17.7 Å². The van der Waals surface area contributed by atoms with Crippen LogP contribution in [0.1, 0.15) is 18.1 Å². The second-order valence-corrected chi connectivity index (χ2v) is 5.19. The standard InChI is InChI=1S/C19H18FNO4/c1-13(22)21-17(11-14-6-4-3-5-7-14)19(23)25-12-15-8-9-18(24-2)16(20)10-15/h3-11H,12H2,1-2H3,(H,21,22)/b17-11-. The number of esters is 1. The smallest absolute Gasteiger partial charge is 0.355 e. The zero-order valence-electron chi connectivity index (χ0n) is 13.9. The average molecular weight is 343 g/mol. The SMILES string of the molecule is COc1ccc(COC(=O)/C(=C/c2ccccc2)NC(C)=O)cc1F. The van der Waals surface area contributed by atoms with Crippen molar-refractivity contribution in [2.45, 2.75) is 13.5 Å². The van der Waals surface area contributed by atoms with Crippen molar-refractivity contribution in [2.24, 2.45) is 0 Å². The van der Waals surface area contributed by atoms with E-state index in [1.165, 1.54) is 32.2 Å². The highest BCUT2D eigenvalue weighted by atomic mass is 19.1. The molecule has 2 aromatic rings. The fraction of sp³-hybridized carbons (Fsp3) is 0.158. The molecule has 0 aliphatic carbocycles. The van der Waals surface area contributed by atoms with Gasteiger partial charge in [-0.1, -0.05) is 36.4 Å². The maximum absolute atomic E-state index is 13.7. The first-order valence-electron chi connectivity index (χ1n) is 7.53. The van der Waals surface area contributed by atoms with E-state index in [1.807, 2.05) is 18.2 Å². The van der Waals surface area contributed by atoms with Crippen LogP contribution >= 0.6 is 0 Å². The van der Waals surface area contributed by atoms with Crippen molar-refractivity contribution in [3.05, 3.63) is 71.2 Å². The molecule has 1 amide bonds. The summed E-state index contributed by atoms with van der Waals surface area (Å²) in [5.41, 5.74) is 1.21. The molecule has 0 radical (unpaired) electrons. The van der Waals surface area contributed by atoms with Crippen LogP contribution in [0.3, 0.4) is 0 Å². The van der Waals surface area contributed by atoms with E-state index in [2.05, 4.69) is 5.32 Å². The second-order valence-electron chi connectivity index (χ2n) is 5.19. The van der Waals surface area contributed by atoms with Crippen molar-refractivity contribution < 1.29 is 23.5 Å². The molecule has 0 saturated carbocycles. The lowest BCUT2D eigenvalue weighted by atomic mass is 10.2. The van der Waals surface area contributed by atoms with Gasteiger partial charge in [-0.25, -0.2) is 9.18 Å². The minimum atomic E-state index is -0.713. The Morgan fingerprint density at radius 3 is 2.48 bits per heavy atom. The van der Waals surface area contributed by atoms with Crippen LogP contribution in [0.25, 0.3) is 6.08 Å². The predicted molar refractivity (Wildman–Crippen MR) is 91.0 cm³/mol. The number of benzene rings is 2. The molecule has 0 bridgehead atoms. The van der Waals surface area contributed by atoms with Gasteiger partial charge in [0.1, 0.15) is 12.3 Å². The Morgan fingerprint density at radius 1 is 1.16 bits per heavy atom. The normalized spacial score (nSPS) is 10.9. The Bertz CT molecular complexity index is 787. The first-order chi connectivity index (χ1) is 12.0. The molecule has 1 N–H and O–H groups in total. The number of carbonyl (C=O) groups excluding carboxylic acids is 2. The number of hydrogen-bond donors (Lipinski definition) is 1. The van der Waals surface area contributed by atoms with Gasteiger partial charge in [0, 0.05) is 6.92 Å². The highest BCUT2D eigenvalue weighted by Crippen LogP contribution is 2.18. The number of rotatable bonds is 6. The van der Waals surface area contributed by atoms with Crippen LogP contribution < -0.4 is 10.1 Å². The topological polar surface area (TPSA) is 64.6 Å². The molecule has 0 spiro atoms. The van der Waals surface area contributed by atoms with Gasteiger partial charge in [0.05, 0.1) is 7.11 Å². The van der Waals surface area contributed by atoms with E-state index in [4.69, 9.17) is 9.47 Å². The molecule has 0 aliphatic rings. The van der Waals surface area contributed by atoms with Gasteiger partial charge in [-0.15, -0.1) is 0 Å². The zero-order chi connectivity index (χ0) is 18.2. The van der Waals surface area contributed by atoms with Crippen LogP contribution in [-0.2, 0) is 20.9 Å². The van der Waals surface area contributed by atoms with Gasteiger partial charge in [0.25, 0.3) is 0 Å². The maximum Gasteiger partial charge on any atom is 0.355 e. The summed E-state index contributed by atoms with van der Waals surface area (Å²) in [7, 11) is 1.37. The summed E-state index contributed by atoms with van der Waals surface area (Å²) in [5.74, 6) is -1.54. The Morgan fingerprint density at radius 2 is 1.88 bits per heavy atom. The summed E-state index contributed by atoms with van der Waals surface area (Å²) in [6.45, 7) is 1.16. The fourth-order valence-corrected chi connectivity index (χ4v) is 2.08. The largest absolute Gasteiger partial charge is 0.494 e. The number of hydrogen-bond acceptors (Lipinski definition) is 4. The highest BCUT2D eigenvalue weighted by molar-refractivity contribution is 5.97. The van der Waals surface area contributed by atoms with Crippen LogP contribution in [0.15, 0.2) is 54.2 Å². The third-order valence-electron chi connectivity index (χ3n) is 3.23. The van der Waals surface area contributed by atoms with Crippen LogP contribution in [0.5, 0.6) is 5.75 Å². The van der Waals surface area contributed by atoms with Crippen LogP contribution in [0, 0.1) is 5.82 Å². The Kier molecular flexibility index (Phi) is 6.28. The van der Waals surface area contributed by atoms with E-state index in [0.29, 0.717) is 5.56 Å². The fourth-order valence-electron chi connectivity index (χ4n) is 2.08. The van der Waals surface area contributed by atoms with Crippen molar-refractivity contribution in [1.82, 2.24) is 5.32 Å². The van der Waals surface area contributed by atoms with Gasteiger partial charge in [0.15, 0.2) is 11.6 Å². The van der Waals surface area contributed by atoms with Gasteiger partial charge in [-0.05, 0) is 29.3 Å². The zero-order valence-corrected chi connectivity index (χ0v) is 13.9. The van der Waals surface area contributed by atoms with Gasteiger partial charge in [-0.3, -0.25) is 4.79 Å². The lowest BCUT2D eigenvalue weighted by Crippen LogP contribution is -2.26. The number of amides is 1. The van der Waals surface area contributed by atoms with Crippen LogP contribution in [-0.4, -0.2) is 19.0 Å². The van der Waals surface area contributed by atoms with Crippen molar-refractivity contribution in [3.8, 4) is 5.75 Å². The van der Waals surface area contributed by atoms with Gasteiger partial charge in [-0.2, -0.15) is 0 Å². The van der Waals surface area contributed by atoms with Gasteiger partial charge >= 0.3 is 5.97 Å². The molecule has 0 fully saturated rings. The third-order valence-corrected chi connectivity index (χ3v) is 3.23. The van der Waals surface area contributed by atoms with Gasteiger partial charge in [0.2, 0.25) is 5.91 Å². The quantitative estimate of drug-likeness (QED) is 0.647. The maximum atomic E-state index is 13.7. The molecule has 25 heavy (non-hydrogen) atoms. The minimum absolute atomic E-state index is 0.00711. The van der Waals surface area contributed by atoms with E-state index in [0.717, 1.165) is 5.56 Å². The number of halogens is 1. The van der Waals surface area contributed by atoms with Crippen molar-refractivity contribution in [1.29, 1.82) is 0 Å². The summed E-state index contributed by atoms with van der Waals surface area (Å²) in [6.07, 6.45) is 1.51. The summed E-state index contributed by atoms with van der Waals surface area (Å²) >= 11 is 0. The molecular weight excluding hydrogens is 325 g/mol. The number of carbonyl (C=O) groups is 2. The van der Waals surface area contributed by atoms with Crippen molar-refractivity contribution in [3.63, 3.8) is 0 Å². The lowest BCUT2D eigenvalue weighted by Gasteiger charge is -2.10. The van der Waals surface area contributed by atoms with Crippen molar-refractivity contribution in [2.75, 3.05) is 7.11 Å². The van der Waals surface area contributed by atoms with E-state index >= 15 is 0 Å². The van der Waals surface area contributed by atoms with Crippen molar-refractivity contribution >= 4 is 18.0 Å². The summed E-state index contributed by atoms with van der Waals surface area (Å²) in [5, 5.41) is 2.45. The minimum Gasteiger partial charge on any atom is -0.494 e. The number of nitrogens with one attached hydrogen (secondary N) is 1. The molecule has 0 heterocycles. The summed E-state index contributed by atoms with van der Waals surface area (Å²) < 4.78 is 23.7. The molecular formula is C19H18FNO4. The van der Waals surface area contributed by atoms with E-state index in [-0.39, 0.29) is 18.1 Å². The molecule has 0 saturated heterocycles. The molecule has 0 aromatic heterocycles. The molecule has 0 aliphatic heterocycles. The monoisotopic (exact) mass is 343 g/mol. The summed E-state index contributed by atoms with van der Waals surface area (Å²) in [6, 6.07) is 13.3. The Labute approximate surface area is 145 Å². The third kappa shape index (κ3) is 5.46. The molecule has 5 nitrogen and oxygen atoms in total. The van der Waals surface area contributed by atoms with Crippen LogP contribution in [0.4, 0.5) is 4.39 Å². The lowest BCUT2D eigenvalue weighted by molar-refractivity contribution is -0.141. The van der Waals surface area contributed by atoms with Gasteiger partial charge < -0.3 is 14.8 Å². The Hall–Kier alpha value is -3.15. The van der Waals surface area contributed by atoms with E-state index in [1.54, 1.807) is 18.2 Å². The first kappa shape index (κ1) is 18.2. The summed E-state index contributed by atoms with van der Waals surface area (Å²) in [4.78, 5) is 23.6. The molecule has 130 valence electrons. The second kappa shape index (κ2) is 8.63. The molecule has 6 heteroatoms. The average Bonchev–Trinajstić information content (AvgIpc) is 2.59. The molecule has 0 atom stereocenters. The highest BCUT2D eigenvalue weighted by Gasteiger charge is 2.14.